The fraction of sp³-hybridized carbons (Fsp3) is 0. The molecule has 0 fully saturated rings. The molecule has 0 radical (unpaired) electrons. The standard InChI is InChI=1S/C6H6N2O3S/c9-8(10)7-12(11)6-4-2-1-3-5-6/h1-5,7H. The molecule has 0 aliphatic rings. The molecule has 0 aliphatic heterocycles. The van der Waals surface area contributed by atoms with E-state index in [2.05, 4.69) is 0 Å². The van der Waals surface area contributed by atoms with Crippen LogP contribution in [-0.2, 0) is 11.4 Å². The Morgan fingerprint density at radius 1 is 1.33 bits per heavy atom. The highest BCUT2D eigenvalue weighted by atomic mass is 32.2. The van der Waals surface area contributed by atoms with Crippen molar-refractivity contribution >= 4 is 11.4 Å². The molecular formula is C6H6N2O3S. The van der Waals surface area contributed by atoms with Gasteiger partial charge in [-0.15, -0.1) is 0 Å². The minimum absolute atomic E-state index is 0.384. The van der Waals surface area contributed by atoms with Crippen molar-refractivity contribution in [3.8, 4) is 0 Å². The molecule has 5 nitrogen and oxygen atoms in total. The highest BCUT2D eigenvalue weighted by Crippen LogP contribution is 2.06. The third-order valence-corrected chi connectivity index (χ3v) is 2.13. The van der Waals surface area contributed by atoms with Crippen molar-refractivity contribution in [2.75, 3.05) is 0 Å². The molecule has 1 rings (SSSR count). The van der Waals surface area contributed by atoms with Crippen molar-refractivity contribution in [2.45, 2.75) is 4.90 Å². The molecule has 64 valence electrons. The summed E-state index contributed by atoms with van der Waals surface area (Å²) in [5, 5.41) is 9.05. The fourth-order valence-corrected chi connectivity index (χ4v) is 1.31. The van der Waals surface area contributed by atoms with Gasteiger partial charge in [-0.2, -0.15) is 0 Å². The Bertz CT molecular complexity index is 267. The molecule has 0 heterocycles. The first kappa shape index (κ1) is 8.82. The molecule has 0 amide bonds. The highest BCUT2D eigenvalue weighted by molar-refractivity contribution is 7.89. The van der Waals surface area contributed by atoms with Crippen LogP contribution in [0.5, 0.6) is 0 Å². The van der Waals surface area contributed by atoms with Crippen molar-refractivity contribution in [1.82, 2.24) is 4.83 Å². The van der Waals surface area contributed by atoms with Gasteiger partial charge >= 0.3 is 0 Å². The summed E-state index contributed by atoms with van der Waals surface area (Å²) < 4.78 is 11.0. The van der Waals surface area contributed by atoms with Gasteiger partial charge in [0.1, 0.15) is 0 Å². The van der Waals surface area contributed by atoms with Crippen LogP contribution in [0.1, 0.15) is 0 Å². The molecule has 0 saturated heterocycles. The summed E-state index contributed by atoms with van der Waals surface area (Å²) in [6.07, 6.45) is 0. The molecule has 0 aliphatic carbocycles. The normalized spacial score (nSPS) is 12.1. The molecule has 0 aromatic heterocycles. The first-order chi connectivity index (χ1) is 5.70. The van der Waals surface area contributed by atoms with Gasteiger partial charge in [0.25, 0.3) is 0 Å². The van der Waals surface area contributed by atoms with E-state index in [0.717, 1.165) is 0 Å². The second kappa shape index (κ2) is 3.93. The Labute approximate surface area is 71.8 Å². The van der Waals surface area contributed by atoms with Gasteiger partial charge in [0.05, 0.1) is 0 Å². The smallest absolute Gasteiger partial charge is 0.202 e. The molecule has 0 saturated carbocycles. The first-order valence-electron chi connectivity index (χ1n) is 3.07. The lowest BCUT2D eigenvalue weighted by molar-refractivity contribution is -0.518. The van der Waals surface area contributed by atoms with Crippen LogP contribution in [0.15, 0.2) is 35.2 Å². The van der Waals surface area contributed by atoms with Gasteiger partial charge in [-0.25, -0.2) is 10.1 Å². The molecule has 1 atom stereocenters. The summed E-state index contributed by atoms with van der Waals surface area (Å²) in [6.45, 7) is 0. The zero-order chi connectivity index (χ0) is 8.97. The average Bonchev–Trinajstić information content (AvgIpc) is 2.05. The third kappa shape index (κ3) is 2.40. The predicted octanol–water partition coefficient (Wildman–Crippen LogP) is 0.491. The summed E-state index contributed by atoms with van der Waals surface area (Å²) in [4.78, 5) is 11.9. The molecule has 1 aromatic rings. The number of benzene rings is 1. The number of hydrogen-bond donors (Lipinski definition) is 1. The van der Waals surface area contributed by atoms with Gasteiger partial charge < -0.3 is 4.55 Å². The van der Waals surface area contributed by atoms with E-state index in [1.807, 2.05) is 0 Å². The van der Waals surface area contributed by atoms with E-state index in [9.17, 15) is 14.7 Å². The number of nitro groups is 1. The number of hydrazine groups is 1. The lowest BCUT2D eigenvalue weighted by Crippen LogP contribution is -2.29. The molecule has 1 aromatic carbocycles. The van der Waals surface area contributed by atoms with Crippen molar-refractivity contribution in [3.63, 3.8) is 0 Å². The Morgan fingerprint density at radius 3 is 2.42 bits per heavy atom. The SMILES string of the molecule is O=[N+]([O-])N[S+]([O-])c1ccccc1. The van der Waals surface area contributed by atoms with E-state index in [4.69, 9.17) is 0 Å². The van der Waals surface area contributed by atoms with E-state index in [0.29, 0.717) is 4.90 Å². The van der Waals surface area contributed by atoms with Crippen molar-refractivity contribution < 1.29 is 9.59 Å². The van der Waals surface area contributed by atoms with Crippen molar-refractivity contribution in [2.24, 2.45) is 0 Å². The van der Waals surface area contributed by atoms with Gasteiger partial charge in [0.15, 0.2) is 16.3 Å². The lowest BCUT2D eigenvalue weighted by atomic mass is 10.4. The number of nitrogens with one attached hydrogen (secondary N) is 1. The summed E-state index contributed by atoms with van der Waals surface area (Å²) >= 11 is -1.76. The van der Waals surface area contributed by atoms with Gasteiger partial charge in [-0.1, -0.05) is 18.2 Å². The Kier molecular flexibility index (Phi) is 2.89. The van der Waals surface area contributed by atoms with Crippen LogP contribution in [0, 0.1) is 10.1 Å². The van der Waals surface area contributed by atoms with Gasteiger partial charge in [0, 0.05) is 4.83 Å². The molecule has 1 unspecified atom stereocenters. The zero-order valence-electron chi connectivity index (χ0n) is 5.97. The quantitative estimate of drug-likeness (QED) is 0.423. The second-order valence-electron chi connectivity index (χ2n) is 1.93. The first-order valence-corrected chi connectivity index (χ1v) is 4.22. The molecule has 6 heteroatoms. The Balaban J connectivity index is 2.65. The van der Waals surface area contributed by atoms with Crippen LogP contribution in [0.25, 0.3) is 0 Å². The Morgan fingerprint density at radius 2 is 1.92 bits per heavy atom. The van der Waals surface area contributed by atoms with Crippen LogP contribution >= 0.6 is 0 Å². The van der Waals surface area contributed by atoms with E-state index in [-0.39, 0.29) is 0 Å². The second-order valence-corrected chi connectivity index (χ2v) is 3.12. The maximum Gasteiger partial charge on any atom is 0.202 e. The summed E-state index contributed by atoms with van der Waals surface area (Å²) in [5.41, 5.74) is 0. The largest absolute Gasteiger partial charge is 0.584 e. The maximum atomic E-state index is 11.0. The fourth-order valence-electron chi connectivity index (χ4n) is 0.664. The predicted molar refractivity (Wildman–Crippen MR) is 43.0 cm³/mol. The van der Waals surface area contributed by atoms with Crippen LogP contribution in [0.4, 0.5) is 0 Å². The van der Waals surface area contributed by atoms with Crippen molar-refractivity contribution in [1.29, 1.82) is 0 Å². The van der Waals surface area contributed by atoms with Crippen molar-refractivity contribution in [3.05, 3.63) is 40.4 Å². The number of rotatable bonds is 3. The summed E-state index contributed by atoms with van der Waals surface area (Å²) in [5.74, 6) is 0. The lowest BCUT2D eigenvalue weighted by Gasteiger charge is -2.02. The minimum Gasteiger partial charge on any atom is -0.584 e. The summed E-state index contributed by atoms with van der Waals surface area (Å²) in [6, 6.07) is 8.16. The van der Waals surface area contributed by atoms with Crippen LogP contribution in [0.2, 0.25) is 0 Å². The molecule has 12 heavy (non-hydrogen) atoms. The van der Waals surface area contributed by atoms with Gasteiger partial charge in [-0.3, -0.25) is 0 Å². The minimum atomic E-state index is -1.76. The van der Waals surface area contributed by atoms with Crippen LogP contribution in [0.3, 0.4) is 0 Å². The molecule has 0 spiro atoms. The number of hydrogen-bond acceptors (Lipinski definition) is 3. The van der Waals surface area contributed by atoms with Gasteiger partial charge in [-0.05, 0) is 12.1 Å². The van der Waals surface area contributed by atoms with Crippen LogP contribution < -0.4 is 4.83 Å². The van der Waals surface area contributed by atoms with E-state index >= 15 is 0 Å². The Hall–Kier alpha value is -1.27. The van der Waals surface area contributed by atoms with E-state index in [1.165, 1.54) is 0 Å². The molecule has 0 bridgehead atoms. The highest BCUT2D eigenvalue weighted by Gasteiger charge is 2.14. The zero-order valence-corrected chi connectivity index (χ0v) is 6.78. The molecular weight excluding hydrogens is 180 g/mol. The van der Waals surface area contributed by atoms with E-state index in [1.54, 1.807) is 35.2 Å². The monoisotopic (exact) mass is 186 g/mol. The topological polar surface area (TPSA) is 78.2 Å². The average molecular weight is 186 g/mol. The third-order valence-electron chi connectivity index (χ3n) is 1.11. The summed E-state index contributed by atoms with van der Waals surface area (Å²) in [7, 11) is 0. The maximum absolute atomic E-state index is 11.0. The molecule has 1 N–H and O–H groups in total. The van der Waals surface area contributed by atoms with Crippen LogP contribution in [-0.4, -0.2) is 9.59 Å². The number of nitrogens with zero attached hydrogens (tertiary/aromatic N) is 1. The van der Waals surface area contributed by atoms with E-state index < -0.39 is 16.4 Å². The van der Waals surface area contributed by atoms with Gasteiger partial charge in [0.2, 0.25) is 5.03 Å².